The van der Waals surface area contributed by atoms with E-state index in [2.05, 4.69) is 5.32 Å². The lowest BCUT2D eigenvalue weighted by Crippen LogP contribution is -2.14. The topological polar surface area (TPSA) is 38.0 Å². The summed E-state index contributed by atoms with van der Waals surface area (Å²) in [6, 6.07) is 12.2. The fourth-order valence-electron chi connectivity index (χ4n) is 1.67. The number of anilines is 1. The molecule has 94 valence electrons. The lowest BCUT2D eigenvalue weighted by Gasteiger charge is -2.08. The largest absolute Gasteiger partial charge is 0.399 e. The van der Waals surface area contributed by atoms with Crippen LogP contribution in [0, 0.1) is 5.82 Å². The molecule has 0 aliphatic heterocycles. The number of hydrogen-bond acceptors (Lipinski definition) is 2. The summed E-state index contributed by atoms with van der Waals surface area (Å²) in [6.07, 6.45) is 0. The first-order valence-electron chi connectivity index (χ1n) is 5.65. The first-order chi connectivity index (χ1) is 8.66. The quantitative estimate of drug-likeness (QED) is 0.831. The molecule has 0 aliphatic rings. The Morgan fingerprint density at radius 1 is 1.06 bits per heavy atom. The first-order valence-corrected chi connectivity index (χ1v) is 6.02. The van der Waals surface area contributed by atoms with Crippen molar-refractivity contribution in [2.75, 3.05) is 5.73 Å². The van der Waals surface area contributed by atoms with E-state index in [0.29, 0.717) is 23.7 Å². The van der Waals surface area contributed by atoms with E-state index >= 15 is 0 Å². The SMILES string of the molecule is Nc1ccc(CNCc2c(F)cccc2Cl)cc1. The van der Waals surface area contributed by atoms with Gasteiger partial charge in [-0.3, -0.25) is 0 Å². The Kier molecular flexibility index (Phi) is 4.18. The van der Waals surface area contributed by atoms with Crippen LogP contribution in [0.25, 0.3) is 0 Å². The van der Waals surface area contributed by atoms with Crippen LogP contribution in [0.5, 0.6) is 0 Å². The summed E-state index contributed by atoms with van der Waals surface area (Å²) in [4.78, 5) is 0. The van der Waals surface area contributed by atoms with Crippen LogP contribution >= 0.6 is 11.6 Å². The van der Waals surface area contributed by atoms with Gasteiger partial charge in [-0.1, -0.05) is 29.8 Å². The average Bonchev–Trinajstić information content (AvgIpc) is 2.35. The predicted octanol–water partition coefficient (Wildman–Crippen LogP) is 3.35. The maximum Gasteiger partial charge on any atom is 0.129 e. The Hall–Kier alpha value is -1.58. The molecular weight excluding hydrogens is 251 g/mol. The number of rotatable bonds is 4. The van der Waals surface area contributed by atoms with Gasteiger partial charge in [-0.25, -0.2) is 4.39 Å². The molecule has 3 N–H and O–H groups in total. The highest BCUT2D eigenvalue weighted by Gasteiger charge is 2.05. The molecule has 0 saturated heterocycles. The molecule has 0 unspecified atom stereocenters. The van der Waals surface area contributed by atoms with Gasteiger partial charge in [0.15, 0.2) is 0 Å². The minimum atomic E-state index is -0.285. The van der Waals surface area contributed by atoms with E-state index in [9.17, 15) is 4.39 Å². The summed E-state index contributed by atoms with van der Waals surface area (Å²) in [7, 11) is 0. The minimum absolute atomic E-state index is 0.285. The normalized spacial score (nSPS) is 10.6. The van der Waals surface area contributed by atoms with Crippen molar-refractivity contribution in [2.45, 2.75) is 13.1 Å². The number of nitrogen functional groups attached to an aromatic ring is 1. The highest BCUT2D eigenvalue weighted by molar-refractivity contribution is 6.31. The number of halogens is 2. The fraction of sp³-hybridized carbons (Fsp3) is 0.143. The number of benzene rings is 2. The van der Waals surface area contributed by atoms with Crippen molar-refractivity contribution < 1.29 is 4.39 Å². The summed E-state index contributed by atoms with van der Waals surface area (Å²) in [5.74, 6) is -0.285. The summed E-state index contributed by atoms with van der Waals surface area (Å²) in [5.41, 5.74) is 7.92. The molecule has 0 aliphatic carbocycles. The van der Waals surface area contributed by atoms with Gasteiger partial charge in [0.1, 0.15) is 5.82 Å². The summed E-state index contributed by atoms with van der Waals surface area (Å²) < 4.78 is 13.5. The molecule has 18 heavy (non-hydrogen) atoms. The third kappa shape index (κ3) is 3.22. The average molecular weight is 265 g/mol. The molecule has 2 nitrogen and oxygen atoms in total. The summed E-state index contributed by atoms with van der Waals surface area (Å²) >= 11 is 5.94. The van der Waals surface area contributed by atoms with E-state index in [-0.39, 0.29) is 5.82 Å². The molecule has 0 saturated carbocycles. The van der Waals surface area contributed by atoms with E-state index in [0.717, 1.165) is 11.3 Å². The van der Waals surface area contributed by atoms with Crippen molar-refractivity contribution in [2.24, 2.45) is 0 Å². The van der Waals surface area contributed by atoms with Gasteiger partial charge in [-0.15, -0.1) is 0 Å². The Morgan fingerprint density at radius 2 is 1.78 bits per heavy atom. The van der Waals surface area contributed by atoms with Crippen molar-refractivity contribution in [3.63, 3.8) is 0 Å². The number of hydrogen-bond donors (Lipinski definition) is 2. The Bertz CT molecular complexity index is 506. The second kappa shape index (κ2) is 5.85. The van der Waals surface area contributed by atoms with E-state index in [1.807, 2.05) is 24.3 Å². The molecular formula is C14H14ClFN2. The first kappa shape index (κ1) is 12.9. The molecule has 2 rings (SSSR count). The second-order valence-electron chi connectivity index (χ2n) is 4.05. The molecule has 0 aromatic heterocycles. The molecule has 0 bridgehead atoms. The van der Waals surface area contributed by atoms with E-state index in [1.54, 1.807) is 12.1 Å². The van der Waals surface area contributed by atoms with Gasteiger partial charge in [0.25, 0.3) is 0 Å². The summed E-state index contributed by atoms with van der Waals surface area (Å²) in [6.45, 7) is 1.04. The van der Waals surface area contributed by atoms with Crippen LogP contribution in [-0.4, -0.2) is 0 Å². The number of nitrogens with two attached hydrogens (primary N) is 1. The van der Waals surface area contributed by atoms with E-state index in [1.165, 1.54) is 6.07 Å². The smallest absolute Gasteiger partial charge is 0.129 e. The zero-order valence-corrected chi connectivity index (χ0v) is 10.5. The predicted molar refractivity (Wildman–Crippen MR) is 72.8 cm³/mol. The lowest BCUT2D eigenvalue weighted by atomic mass is 10.2. The van der Waals surface area contributed by atoms with Gasteiger partial charge in [0, 0.05) is 29.4 Å². The molecule has 0 atom stereocenters. The third-order valence-electron chi connectivity index (χ3n) is 2.67. The van der Waals surface area contributed by atoms with Crippen molar-refractivity contribution in [3.8, 4) is 0 Å². The van der Waals surface area contributed by atoms with E-state index < -0.39 is 0 Å². The van der Waals surface area contributed by atoms with Crippen LogP contribution < -0.4 is 11.1 Å². The molecule has 0 spiro atoms. The van der Waals surface area contributed by atoms with E-state index in [4.69, 9.17) is 17.3 Å². The molecule has 4 heteroatoms. The zero-order chi connectivity index (χ0) is 13.0. The molecule has 0 fully saturated rings. The van der Waals surface area contributed by atoms with Gasteiger partial charge in [0.05, 0.1) is 0 Å². The van der Waals surface area contributed by atoms with Crippen LogP contribution in [0.3, 0.4) is 0 Å². The third-order valence-corrected chi connectivity index (χ3v) is 3.03. The van der Waals surface area contributed by atoms with Gasteiger partial charge < -0.3 is 11.1 Å². The van der Waals surface area contributed by atoms with Crippen molar-refractivity contribution in [1.29, 1.82) is 0 Å². The van der Waals surface area contributed by atoms with Gasteiger partial charge >= 0.3 is 0 Å². The van der Waals surface area contributed by atoms with Crippen LogP contribution in [0.2, 0.25) is 5.02 Å². The lowest BCUT2D eigenvalue weighted by molar-refractivity contribution is 0.588. The minimum Gasteiger partial charge on any atom is -0.399 e. The molecule has 0 amide bonds. The maximum absolute atomic E-state index is 13.5. The summed E-state index contributed by atoms with van der Waals surface area (Å²) in [5, 5.41) is 3.60. The van der Waals surface area contributed by atoms with Crippen LogP contribution in [0.15, 0.2) is 42.5 Å². The Morgan fingerprint density at radius 3 is 2.44 bits per heavy atom. The maximum atomic E-state index is 13.5. The van der Waals surface area contributed by atoms with Crippen LogP contribution in [-0.2, 0) is 13.1 Å². The molecule has 0 heterocycles. The Balaban J connectivity index is 1.94. The molecule has 2 aromatic carbocycles. The highest BCUT2D eigenvalue weighted by atomic mass is 35.5. The molecule has 0 radical (unpaired) electrons. The van der Waals surface area contributed by atoms with Gasteiger partial charge in [0.2, 0.25) is 0 Å². The standard InChI is InChI=1S/C14H14ClFN2/c15-13-2-1-3-14(16)12(13)9-18-8-10-4-6-11(17)7-5-10/h1-7,18H,8-9,17H2. The monoisotopic (exact) mass is 264 g/mol. The zero-order valence-electron chi connectivity index (χ0n) is 9.79. The second-order valence-corrected chi connectivity index (χ2v) is 4.45. The Labute approximate surface area is 111 Å². The molecule has 2 aromatic rings. The van der Waals surface area contributed by atoms with Gasteiger partial charge in [-0.2, -0.15) is 0 Å². The highest BCUT2D eigenvalue weighted by Crippen LogP contribution is 2.18. The van der Waals surface area contributed by atoms with Crippen molar-refractivity contribution in [3.05, 3.63) is 64.4 Å². The van der Waals surface area contributed by atoms with Crippen molar-refractivity contribution >= 4 is 17.3 Å². The van der Waals surface area contributed by atoms with Gasteiger partial charge in [-0.05, 0) is 29.8 Å². The van der Waals surface area contributed by atoms with Crippen LogP contribution in [0.1, 0.15) is 11.1 Å². The van der Waals surface area contributed by atoms with Crippen molar-refractivity contribution in [1.82, 2.24) is 5.32 Å². The number of nitrogens with one attached hydrogen (secondary N) is 1. The van der Waals surface area contributed by atoms with Crippen LogP contribution in [0.4, 0.5) is 10.1 Å². The fourth-order valence-corrected chi connectivity index (χ4v) is 1.90.